The summed E-state index contributed by atoms with van der Waals surface area (Å²) in [6.07, 6.45) is 1.18. The van der Waals surface area contributed by atoms with Crippen LogP contribution in [0.4, 0.5) is 8.78 Å². The number of rotatable bonds is 2. The zero-order valence-electron chi connectivity index (χ0n) is 10.8. The Labute approximate surface area is 114 Å². The highest BCUT2D eigenvalue weighted by Crippen LogP contribution is 2.21. The molecule has 0 saturated heterocycles. The van der Waals surface area contributed by atoms with Gasteiger partial charge >= 0.3 is 0 Å². The van der Waals surface area contributed by atoms with Crippen molar-refractivity contribution in [1.82, 2.24) is 10.1 Å². The van der Waals surface area contributed by atoms with E-state index in [1.807, 2.05) is 13.1 Å². The van der Waals surface area contributed by atoms with E-state index in [2.05, 4.69) is 10.1 Å². The topological polar surface area (TPSA) is 32.6 Å². The lowest BCUT2D eigenvalue weighted by molar-refractivity contribution is -0.716. The summed E-state index contributed by atoms with van der Waals surface area (Å²) in [5.41, 5.74) is 3.20. The van der Waals surface area contributed by atoms with Gasteiger partial charge in [-0.1, -0.05) is 0 Å². The SMILES string of the molecule is C[n+]1[nH]c(-c2ccc(F)cc2)cc1-c1ccc(F)cn1. The maximum Gasteiger partial charge on any atom is 0.256 e. The number of aromatic nitrogens is 3. The summed E-state index contributed by atoms with van der Waals surface area (Å²) in [5.74, 6) is -0.643. The molecule has 0 amide bonds. The second kappa shape index (κ2) is 4.85. The number of benzene rings is 1. The highest BCUT2D eigenvalue weighted by molar-refractivity contribution is 5.64. The van der Waals surface area contributed by atoms with E-state index in [0.717, 1.165) is 17.0 Å². The number of nitrogens with one attached hydrogen (secondary N) is 1. The zero-order chi connectivity index (χ0) is 14.1. The van der Waals surface area contributed by atoms with Crippen LogP contribution in [0, 0.1) is 11.6 Å². The molecule has 0 fully saturated rings. The van der Waals surface area contributed by atoms with Crippen molar-refractivity contribution in [3.8, 4) is 22.6 Å². The molecule has 1 N–H and O–H groups in total. The molecule has 20 heavy (non-hydrogen) atoms. The Kier molecular flexibility index (Phi) is 3.02. The number of aromatic amines is 1. The lowest BCUT2D eigenvalue weighted by Gasteiger charge is -1.93. The summed E-state index contributed by atoms with van der Waals surface area (Å²) in [5, 5.41) is 3.15. The van der Waals surface area contributed by atoms with Crippen LogP contribution >= 0.6 is 0 Å². The number of hydrogen-bond acceptors (Lipinski definition) is 1. The minimum Gasteiger partial charge on any atom is -0.247 e. The summed E-state index contributed by atoms with van der Waals surface area (Å²) >= 11 is 0. The minimum atomic E-state index is -0.370. The monoisotopic (exact) mass is 272 g/mol. The fourth-order valence-electron chi connectivity index (χ4n) is 2.06. The van der Waals surface area contributed by atoms with Gasteiger partial charge in [-0.2, -0.15) is 5.10 Å². The van der Waals surface area contributed by atoms with Crippen molar-refractivity contribution in [2.75, 3.05) is 0 Å². The van der Waals surface area contributed by atoms with Crippen LogP contribution in [0.15, 0.2) is 48.7 Å². The fourth-order valence-corrected chi connectivity index (χ4v) is 2.06. The van der Waals surface area contributed by atoms with E-state index in [9.17, 15) is 8.78 Å². The Morgan fingerprint density at radius 3 is 2.35 bits per heavy atom. The predicted molar refractivity (Wildman–Crippen MR) is 70.6 cm³/mol. The van der Waals surface area contributed by atoms with Gasteiger partial charge in [0.1, 0.15) is 23.0 Å². The third kappa shape index (κ3) is 2.30. The third-order valence-corrected chi connectivity index (χ3v) is 3.08. The van der Waals surface area contributed by atoms with Gasteiger partial charge in [0.15, 0.2) is 7.05 Å². The molecule has 2 aromatic heterocycles. The Hall–Kier alpha value is -2.56. The van der Waals surface area contributed by atoms with Crippen LogP contribution in [0.3, 0.4) is 0 Å². The highest BCUT2D eigenvalue weighted by atomic mass is 19.1. The first-order valence-electron chi connectivity index (χ1n) is 6.10. The van der Waals surface area contributed by atoms with Gasteiger partial charge in [-0.25, -0.2) is 13.8 Å². The standard InChI is InChI=1S/C15H11F2N3/c1-20-15(13-7-6-12(17)9-18-13)8-14(19-20)10-2-4-11(16)5-3-10/h2-9H,1H3/p+1. The normalized spacial score (nSPS) is 10.8. The van der Waals surface area contributed by atoms with E-state index in [1.165, 1.54) is 24.4 Å². The fraction of sp³-hybridized carbons (Fsp3) is 0.0667. The van der Waals surface area contributed by atoms with Crippen molar-refractivity contribution in [2.24, 2.45) is 7.05 Å². The number of H-pyrrole nitrogens is 1. The molecule has 3 aromatic rings. The Morgan fingerprint density at radius 2 is 1.70 bits per heavy atom. The van der Waals surface area contributed by atoms with E-state index in [0.29, 0.717) is 5.69 Å². The van der Waals surface area contributed by atoms with Gasteiger partial charge in [0.05, 0.1) is 6.20 Å². The number of halogens is 2. The molecule has 3 rings (SSSR count). The van der Waals surface area contributed by atoms with Crippen molar-refractivity contribution in [3.05, 3.63) is 60.3 Å². The molecule has 3 nitrogen and oxygen atoms in total. The number of aryl methyl sites for hydroxylation is 1. The molecule has 0 aliphatic carbocycles. The van der Waals surface area contributed by atoms with Crippen LogP contribution in [-0.2, 0) is 7.05 Å². The van der Waals surface area contributed by atoms with E-state index in [1.54, 1.807) is 22.9 Å². The second-order valence-electron chi connectivity index (χ2n) is 4.48. The van der Waals surface area contributed by atoms with Gasteiger partial charge in [-0.05, 0) is 36.4 Å². The molecule has 0 saturated carbocycles. The maximum atomic E-state index is 12.9. The summed E-state index contributed by atoms with van der Waals surface area (Å²) in [6.45, 7) is 0. The summed E-state index contributed by atoms with van der Waals surface area (Å²) in [7, 11) is 1.84. The summed E-state index contributed by atoms with van der Waals surface area (Å²) in [4.78, 5) is 4.05. The molecule has 0 spiro atoms. The third-order valence-electron chi connectivity index (χ3n) is 3.08. The van der Waals surface area contributed by atoms with Gasteiger partial charge in [0.2, 0.25) is 0 Å². The lowest BCUT2D eigenvalue weighted by Crippen LogP contribution is -2.32. The molecule has 0 radical (unpaired) electrons. The molecule has 100 valence electrons. The smallest absolute Gasteiger partial charge is 0.247 e. The lowest BCUT2D eigenvalue weighted by atomic mass is 10.1. The molecule has 0 bridgehead atoms. The molecule has 1 aromatic carbocycles. The van der Waals surface area contributed by atoms with Crippen molar-refractivity contribution < 1.29 is 13.5 Å². The Balaban J connectivity index is 2.02. The molecule has 0 atom stereocenters. The van der Waals surface area contributed by atoms with Crippen molar-refractivity contribution in [2.45, 2.75) is 0 Å². The summed E-state index contributed by atoms with van der Waals surface area (Å²) in [6, 6.07) is 11.1. The molecular formula is C15H12F2N3+. The number of hydrogen-bond donors (Lipinski definition) is 1. The molecule has 0 aliphatic heterocycles. The molecule has 2 heterocycles. The predicted octanol–water partition coefficient (Wildman–Crippen LogP) is 2.85. The molecule has 0 unspecified atom stereocenters. The minimum absolute atomic E-state index is 0.273. The average Bonchev–Trinajstić information content (AvgIpc) is 2.82. The van der Waals surface area contributed by atoms with E-state index < -0.39 is 0 Å². The molecular weight excluding hydrogens is 260 g/mol. The van der Waals surface area contributed by atoms with Crippen molar-refractivity contribution in [1.29, 1.82) is 0 Å². The van der Waals surface area contributed by atoms with Crippen LogP contribution in [0.2, 0.25) is 0 Å². The van der Waals surface area contributed by atoms with Gasteiger partial charge in [-0.15, -0.1) is 4.68 Å². The quantitative estimate of drug-likeness (QED) is 0.715. The first-order valence-corrected chi connectivity index (χ1v) is 6.10. The van der Waals surface area contributed by atoms with Crippen LogP contribution in [0.5, 0.6) is 0 Å². The van der Waals surface area contributed by atoms with E-state index >= 15 is 0 Å². The number of pyridine rings is 1. The van der Waals surface area contributed by atoms with E-state index in [-0.39, 0.29) is 11.6 Å². The van der Waals surface area contributed by atoms with Gasteiger partial charge < -0.3 is 0 Å². The Bertz CT molecular complexity index is 731. The van der Waals surface area contributed by atoms with Crippen molar-refractivity contribution >= 4 is 0 Å². The highest BCUT2D eigenvalue weighted by Gasteiger charge is 2.17. The second-order valence-corrected chi connectivity index (χ2v) is 4.48. The summed E-state index contributed by atoms with van der Waals surface area (Å²) < 4.78 is 27.6. The van der Waals surface area contributed by atoms with Crippen LogP contribution in [0.25, 0.3) is 22.6 Å². The van der Waals surface area contributed by atoms with E-state index in [4.69, 9.17) is 0 Å². The largest absolute Gasteiger partial charge is 0.256 e. The van der Waals surface area contributed by atoms with Crippen LogP contribution in [-0.4, -0.2) is 10.1 Å². The average molecular weight is 272 g/mol. The van der Waals surface area contributed by atoms with Gasteiger partial charge in [0, 0.05) is 11.6 Å². The maximum absolute atomic E-state index is 12.9. The first-order chi connectivity index (χ1) is 9.63. The molecule has 0 aliphatic rings. The van der Waals surface area contributed by atoms with Crippen LogP contribution in [0.1, 0.15) is 0 Å². The first kappa shape index (κ1) is 12.5. The van der Waals surface area contributed by atoms with Gasteiger partial charge in [0.25, 0.3) is 5.69 Å². The Morgan fingerprint density at radius 1 is 1.00 bits per heavy atom. The van der Waals surface area contributed by atoms with Gasteiger partial charge in [-0.3, -0.25) is 0 Å². The van der Waals surface area contributed by atoms with Crippen molar-refractivity contribution in [3.63, 3.8) is 0 Å². The zero-order valence-corrected chi connectivity index (χ0v) is 10.8. The molecule has 5 heteroatoms. The number of nitrogens with zero attached hydrogens (tertiary/aromatic N) is 2. The van der Waals surface area contributed by atoms with Crippen LogP contribution < -0.4 is 4.68 Å².